The maximum absolute atomic E-state index is 13.5. The second-order valence-corrected chi connectivity index (χ2v) is 13.7. The Morgan fingerprint density at radius 1 is 0.774 bits per heavy atom. The number of hydrogen-bond donors (Lipinski definition) is 5. The predicted molar refractivity (Wildman–Crippen MR) is 218 cm³/mol. The molecule has 1 aliphatic rings. The lowest BCUT2D eigenvalue weighted by atomic mass is 10.0. The number of carbonyl (C=O) groups excluding carboxylic acids is 7. The van der Waals surface area contributed by atoms with Crippen molar-refractivity contribution in [2.24, 2.45) is 11.7 Å². The number of nitro benzene ring substituents is 1. The number of anilines is 1. The third kappa shape index (κ3) is 19.3. The van der Waals surface area contributed by atoms with Crippen LogP contribution in [0.15, 0.2) is 60.7 Å². The van der Waals surface area contributed by atoms with Gasteiger partial charge in [0.25, 0.3) is 17.5 Å². The zero-order valence-electron chi connectivity index (χ0n) is 34.5. The third-order valence-corrected chi connectivity index (χ3v) is 8.64. The minimum absolute atomic E-state index is 0.0408. The number of ether oxygens (including phenoxy) is 6. The van der Waals surface area contributed by atoms with Crippen molar-refractivity contribution >= 4 is 53.1 Å². The molecule has 3 rings (SSSR count). The van der Waals surface area contributed by atoms with E-state index in [0.29, 0.717) is 31.1 Å². The quantitative estimate of drug-likeness (QED) is 0.0194. The van der Waals surface area contributed by atoms with Gasteiger partial charge in [0.15, 0.2) is 0 Å². The van der Waals surface area contributed by atoms with Gasteiger partial charge in [-0.25, -0.2) is 9.59 Å². The molecular weight excluding hydrogens is 818 g/mol. The highest BCUT2D eigenvalue weighted by Gasteiger charge is 2.29. The average molecular weight is 872 g/mol. The molecule has 1 aliphatic heterocycles. The van der Waals surface area contributed by atoms with E-state index in [1.54, 1.807) is 38.1 Å². The second kappa shape index (κ2) is 27.4. The van der Waals surface area contributed by atoms with E-state index >= 15 is 0 Å². The van der Waals surface area contributed by atoms with Crippen LogP contribution in [-0.4, -0.2) is 130 Å². The number of nitro groups is 1. The van der Waals surface area contributed by atoms with Crippen LogP contribution in [0.4, 0.5) is 21.0 Å². The van der Waals surface area contributed by atoms with Crippen molar-refractivity contribution in [1.29, 1.82) is 0 Å². The summed E-state index contributed by atoms with van der Waals surface area (Å²) in [5, 5.41) is 21.4. The molecular formula is C40H53N7O15. The van der Waals surface area contributed by atoms with E-state index in [-0.39, 0.29) is 101 Å². The number of nitrogens with zero attached hydrogens (tertiary/aromatic N) is 2. The molecule has 0 radical (unpaired) electrons. The Balaban J connectivity index is 1.36. The van der Waals surface area contributed by atoms with Crippen molar-refractivity contribution in [1.82, 2.24) is 20.9 Å². The molecule has 62 heavy (non-hydrogen) atoms. The van der Waals surface area contributed by atoms with E-state index in [0.717, 1.165) is 4.90 Å². The lowest BCUT2D eigenvalue weighted by molar-refractivity contribution is -0.384. The van der Waals surface area contributed by atoms with Crippen molar-refractivity contribution in [3.05, 3.63) is 76.4 Å². The zero-order chi connectivity index (χ0) is 45.3. The van der Waals surface area contributed by atoms with Gasteiger partial charge in [0.05, 0.1) is 64.3 Å². The topological polar surface area (TPSA) is 295 Å². The summed E-state index contributed by atoms with van der Waals surface area (Å²) in [6.07, 6.45) is 1.75. The van der Waals surface area contributed by atoms with Gasteiger partial charge in [-0.15, -0.1) is 0 Å². The molecule has 0 bridgehead atoms. The summed E-state index contributed by atoms with van der Waals surface area (Å²) in [6.45, 7) is 5.56. The van der Waals surface area contributed by atoms with Crippen LogP contribution in [-0.2, 0) is 54.3 Å². The number of rotatable bonds is 29. The number of non-ortho nitro benzene ring substituents is 1. The SMILES string of the molecule is CC(C)C(NC(=O)CCOCCOCCOCCOCCN1C(=O)C=CC1=O)C(=O)NC(CCCNC(N)=O)C(=O)Nc1ccc(COC(=O)Oc2ccc([N+](=O)[O-])cc2)cc1. The Morgan fingerprint density at radius 3 is 1.92 bits per heavy atom. The van der Waals surface area contributed by atoms with E-state index < -0.39 is 46.9 Å². The number of primary amides is 1. The fourth-order valence-electron chi connectivity index (χ4n) is 5.38. The molecule has 1 heterocycles. The molecule has 0 saturated heterocycles. The highest BCUT2D eigenvalue weighted by Crippen LogP contribution is 2.18. The molecule has 2 aromatic rings. The van der Waals surface area contributed by atoms with E-state index in [4.69, 9.17) is 34.2 Å². The number of urea groups is 1. The maximum Gasteiger partial charge on any atom is 0.514 e. The zero-order valence-corrected chi connectivity index (χ0v) is 34.5. The fourth-order valence-corrected chi connectivity index (χ4v) is 5.38. The molecule has 0 spiro atoms. The second-order valence-electron chi connectivity index (χ2n) is 13.7. The first kappa shape index (κ1) is 49.9. The van der Waals surface area contributed by atoms with Gasteiger partial charge in [0.1, 0.15) is 24.4 Å². The van der Waals surface area contributed by atoms with Crippen molar-refractivity contribution in [2.75, 3.05) is 71.3 Å². The van der Waals surface area contributed by atoms with Gasteiger partial charge in [-0.05, 0) is 48.6 Å². The molecule has 2 atom stereocenters. The molecule has 0 aromatic heterocycles. The van der Waals surface area contributed by atoms with E-state index in [9.17, 15) is 43.7 Å². The normalized spacial score (nSPS) is 13.0. The predicted octanol–water partition coefficient (Wildman–Crippen LogP) is 1.70. The van der Waals surface area contributed by atoms with Crippen LogP contribution in [0.25, 0.3) is 0 Å². The molecule has 2 unspecified atom stereocenters. The number of amides is 7. The van der Waals surface area contributed by atoms with Crippen LogP contribution in [0.1, 0.15) is 38.7 Å². The summed E-state index contributed by atoms with van der Waals surface area (Å²) in [7, 11) is 0. The van der Waals surface area contributed by atoms with Crippen LogP contribution in [0.3, 0.4) is 0 Å². The Hall–Kier alpha value is -6.49. The monoisotopic (exact) mass is 871 g/mol. The Morgan fingerprint density at radius 2 is 1.35 bits per heavy atom. The van der Waals surface area contributed by atoms with E-state index in [2.05, 4.69) is 21.3 Å². The summed E-state index contributed by atoms with van der Waals surface area (Å²) < 4.78 is 31.8. The van der Waals surface area contributed by atoms with Crippen molar-refractivity contribution in [3.8, 4) is 5.75 Å². The first-order valence-electron chi connectivity index (χ1n) is 19.7. The first-order valence-corrected chi connectivity index (χ1v) is 19.7. The average Bonchev–Trinajstić information content (AvgIpc) is 3.56. The summed E-state index contributed by atoms with van der Waals surface area (Å²) >= 11 is 0. The highest BCUT2D eigenvalue weighted by atomic mass is 16.7. The first-order chi connectivity index (χ1) is 29.7. The third-order valence-electron chi connectivity index (χ3n) is 8.64. The van der Waals surface area contributed by atoms with Gasteiger partial charge in [0, 0.05) is 42.9 Å². The number of hydrogen-bond acceptors (Lipinski definition) is 15. The van der Waals surface area contributed by atoms with Crippen LogP contribution in [0, 0.1) is 16.0 Å². The molecule has 22 nitrogen and oxygen atoms in total. The van der Waals surface area contributed by atoms with Gasteiger partial charge < -0.3 is 55.4 Å². The van der Waals surface area contributed by atoms with E-state index in [1.807, 2.05) is 0 Å². The largest absolute Gasteiger partial charge is 0.514 e. The minimum Gasteiger partial charge on any atom is -0.429 e. The lowest BCUT2D eigenvalue weighted by Crippen LogP contribution is -2.54. The lowest BCUT2D eigenvalue weighted by Gasteiger charge is -2.25. The molecule has 7 amide bonds. The summed E-state index contributed by atoms with van der Waals surface area (Å²) in [6, 6.07) is 8.36. The Kier molecular flexibility index (Phi) is 22.0. The van der Waals surface area contributed by atoms with Crippen molar-refractivity contribution in [2.45, 2.75) is 51.8 Å². The Bertz CT molecular complexity index is 1820. The van der Waals surface area contributed by atoms with Crippen LogP contribution >= 0.6 is 0 Å². The number of benzene rings is 2. The molecule has 0 saturated carbocycles. The van der Waals surface area contributed by atoms with Crippen LogP contribution < -0.4 is 31.7 Å². The number of carbonyl (C=O) groups is 7. The van der Waals surface area contributed by atoms with Crippen molar-refractivity contribution < 1.29 is 66.9 Å². The molecule has 6 N–H and O–H groups in total. The molecule has 22 heteroatoms. The standard InChI is InChI=1S/C40H53N7O15/c1-27(2)36(45-33(48)15-18-57-20-22-59-24-25-60-23-21-58-19-17-46-34(49)13-14-35(46)50)38(52)44-32(4-3-16-42-39(41)53)37(51)43-29-7-5-28(6-8-29)26-61-40(54)62-31-11-9-30(10-12-31)47(55)56/h5-14,27,32,36H,3-4,15-26H2,1-2H3,(H,43,51)(H,44,52)(H,45,48)(H3,41,42,53). The maximum atomic E-state index is 13.5. The number of nitrogens with one attached hydrogen (secondary N) is 4. The molecule has 2 aromatic carbocycles. The van der Waals surface area contributed by atoms with Crippen molar-refractivity contribution in [3.63, 3.8) is 0 Å². The van der Waals surface area contributed by atoms with Gasteiger partial charge >= 0.3 is 12.2 Å². The van der Waals surface area contributed by atoms with Gasteiger partial charge in [-0.2, -0.15) is 0 Å². The van der Waals surface area contributed by atoms with Crippen LogP contribution in [0.2, 0.25) is 0 Å². The van der Waals surface area contributed by atoms with Gasteiger partial charge in [-0.1, -0.05) is 26.0 Å². The van der Waals surface area contributed by atoms with Gasteiger partial charge in [0.2, 0.25) is 17.7 Å². The smallest absolute Gasteiger partial charge is 0.429 e. The van der Waals surface area contributed by atoms with Gasteiger partial charge in [-0.3, -0.25) is 39.0 Å². The molecule has 0 aliphatic carbocycles. The number of imide groups is 1. The number of nitrogens with two attached hydrogens (primary N) is 1. The fraction of sp³-hybridized carbons (Fsp3) is 0.475. The summed E-state index contributed by atoms with van der Waals surface area (Å²) in [5.74, 6) is -2.62. The summed E-state index contributed by atoms with van der Waals surface area (Å²) in [4.78, 5) is 97.2. The molecule has 338 valence electrons. The Labute approximate surface area is 357 Å². The molecule has 0 fully saturated rings. The van der Waals surface area contributed by atoms with E-state index in [1.165, 1.54) is 36.4 Å². The van der Waals surface area contributed by atoms with Crippen LogP contribution in [0.5, 0.6) is 5.75 Å². The summed E-state index contributed by atoms with van der Waals surface area (Å²) in [5.41, 5.74) is 5.89. The highest BCUT2D eigenvalue weighted by molar-refractivity contribution is 6.12. The minimum atomic E-state index is -1.07.